The minimum atomic E-state index is 0.0376. The van der Waals surface area contributed by atoms with Crippen molar-refractivity contribution in [3.8, 4) is 0 Å². The molecule has 0 unspecified atom stereocenters. The van der Waals surface area contributed by atoms with Crippen LogP contribution in [0.2, 0.25) is 0 Å². The summed E-state index contributed by atoms with van der Waals surface area (Å²) in [5, 5.41) is 2.99. The van der Waals surface area contributed by atoms with Gasteiger partial charge in [0.25, 0.3) is 0 Å². The van der Waals surface area contributed by atoms with Crippen LogP contribution in [0.4, 0.5) is 5.69 Å². The number of carbonyl (C=O) groups is 1. The van der Waals surface area contributed by atoms with Crippen molar-refractivity contribution < 1.29 is 9.53 Å². The lowest BCUT2D eigenvalue weighted by atomic mass is 10.2. The Kier molecular flexibility index (Phi) is 5.40. The van der Waals surface area contributed by atoms with E-state index in [1.54, 1.807) is 0 Å². The summed E-state index contributed by atoms with van der Waals surface area (Å²) in [5.74, 6) is 0.0376. The van der Waals surface area contributed by atoms with E-state index in [0.717, 1.165) is 24.3 Å². The first kappa shape index (κ1) is 15.7. The number of morpholine rings is 1. The summed E-state index contributed by atoms with van der Waals surface area (Å²) in [6, 6.07) is 6.02. The topological polar surface area (TPSA) is 41.6 Å². The molecule has 1 aliphatic heterocycles. The summed E-state index contributed by atoms with van der Waals surface area (Å²) in [6.07, 6.45) is 0.373. The van der Waals surface area contributed by atoms with Crippen molar-refractivity contribution in [1.82, 2.24) is 4.90 Å². The van der Waals surface area contributed by atoms with E-state index >= 15 is 0 Å². The number of carbonyl (C=O) groups excluding carboxylic acids is 1. The van der Waals surface area contributed by atoms with Crippen LogP contribution in [0.5, 0.6) is 0 Å². The summed E-state index contributed by atoms with van der Waals surface area (Å²) in [5.41, 5.74) is 1.98. The molecule has 1 amide bonds. The molecule has 1 saturated heterocycles. The SMILES string of the molecule is Cc1cc(I)ccc1NC(=O)CN1C[C@@H](C)O[C@H](C)C1. The van der Waals surface area contributed by atoms with Crippen LogP contribution in [-0.4, -0.2) is 42.6 Å². The molecule has 0 saturated carbocycles. The Morgan fingerprint density at radius 1 is 1.40 bits per heavy atom. The molecule has 0 bridgehead atoms. The fourth-order valence-electron chi connectivity index (χ4n) is 2.57. The van der Waals surface area contributed by atoms with E-state index in [0.29, 0.717) is 6.54 Å². The monoisotopic (exact) mass is 388 g/mol. The number of aryl methyl sites for hydroxylation is 1. The summed E-state index contributed by atoms with van der Waals surface area (Å²) in [4.78, 5) is 14.3. The lowest BCUT2D eigenvalue weighted by Gasteiger charge is -2.34. The molecule has 1 aromatic rings. The second-order valence-electron chi connectivity index (χ2n) is 5.46. The lowest BCUT2D eigenvalue weighted by molar-refractivity contribution is -0.121. The molecule has 0 aliphatic carbocycles. The van der Waals surface area contributed by atoms with Crippen molar-refractivity contribution in [3.63, 3.8) is 0 Å². The molecule has 0 spiro atoms. The molecular weight excluding hydrogens is 367 g/mol. The van der Waals surface area contributed by atoms with Crippen LogP contribution in [-0.2, 0) is 9.53 Å². The smallest absolute Gasteiger partial charge is 0.238 e. The van der Waals surface area contributed by atoms with E-state index in [9.17, 15) is 4.79 Å². The maximum Gasteiger partial charge on any atom is 0.238 e. The maximum absolute atomic E-state index is 12.1. The second kappa shape index (κ2) is 6.87. The Morgan fingerprint density at radius 2 is 2.05 bits per heavy atom. The molecule has 2 atom stereocenters. The van der Waals surface area contributed by atoms with Gasteiger partial charge in [-0.05, 0) is 67.1 Å². The van der Waals surface area contributed by atoms with E-state index in [-0.39, 0.29) is 18.1 Å². The van der Waals surface area contributed by atoms with Gasteiger partial charge in [0.1, 0.15) is 0 Å². The Hall–Kier alpha value is -0.660. The quantitative estimate of drug-likeness (QED) is 0.810. The predicted molar refractivity (Wildman–Crippen MR) is 89.0 cm³/mol. The first-order valence-corrected chi connectivity index (χ1v) is 7.95. The minimum absolute atomic E-state index is 0.0376. The summed E-state index contributed by atoms with van der Waals surface area (Å²) >= 11 is 2.27. The van der Waals surface area contributed by atoms with Gasteiger partial charge in [-0.25, -0.2) is 0 Å². The molecule has 110 valence electrons. The fraction of sp³-hybridized carbons (Fsp3) is 0.533. The van der Waals surface area contributed by atoms with Crippen LogP contribution in [0.3, 0.4) is 0 Å². The lowest BCUT2D eigenvalue weighted by Crippen LogP contribution is -2.48. The van der Waals surface area contributed by atoms with E-state index in [1.165, 1.54) is 3.57 Å². The van der Waals surface area contributed by atoms with Crippen molar-refractivity contribution in [2.75, 3.05) is 25.0 Å². The molecule has 0 radical (unpaired) electrons. The molecule has 1 aromatic carbocycles. The highest BCUT2D eigenvalue weighted by molar-refractivity contribution is 14.1. The van der Waals surface area contributed by atoms with Crippen LogP contribution < -0.4 is 5.32 Å². The van der Waals surface area contributed by atoms with Gasteiger partial charge in [-0.1, -0.05) is 0 Å². The second-order valence-corrected chi connectivity index (χ2v) is 6.70. The molecule has 4 nitrogen and oxygen atoms in total. The predicted octanol–water partition coefficient (Wildman–Crippen LogP) is 2.65. The molecule has 1 fully saturated rings. The number of anilines is 1. The Morgan fingerprint density at radius 3 is 2.65 bits per heavy atom. The highest BCUT2D eigenvalue weighted by Crippen LogP contribution is 2.18. The normalized spacial score (nSPS) is 23.6. The number of halogens is 1. The highest BCUT2D eigenvalue weighted by Gasteiger charge is 2.23. The largest absolute Gasteiger partial charge is 0.373 e. The first-order chi connectivity index (χ1) is 9.44. The summed E-state index contributed by atoms with van der Waals surface area (Å²) in [6.45, 7) is 8.14. The highest BCUT2D eigenvalue weighted by atomic mass is 127. The Labute approximate surface area is 134 Å². The van der Waals surface area contributed by atoms with Crippen molar-refractivity contribution in [2.24, 2.45) is 0 Å². The van der Waals surface area contributed by atoms with Crippen LogP contribution >= 0.6 is 22.6 Å². The number of amides is 1. The first-order valence-electron chi connectivity index (χ1n) is 6.88. The van der Waals surface area contributed by atoms with Gasteiger partial charge >= 0.3 is 0 Å². The number of hydrogen-bond acceptors (Lipinski definition) is 3. The number of benzene rings is 1. The van der Waals surface area contributed by atoms with E-state index in [4.69, 9.17) is 4.74 Å². The van der Waals surface area contributed by atoms with Gasteiger partial charge in [-0.3, -0.25) is 9.69 Å². The van der Waals surface area contributed by atoms with Crippen molar-refractivity contribution in [3.05, 3.63) is 27.3 Å². The third-order valence-electron chi connectivity index (χ3n) is 3.32. The van der Waals surface area contributed by atoms with Gasteiger partial charge in [0.2, 0.25) is 5.91 Å². The fourth-order valence-corrected chi connectivity index (χ4v) is 3.22. The molecule has 1 N–H and O–H groups in total. The van der Waals surface area contributed by atoms with Gasteiger partial charge < -0.3 is 10.1 Å². The number of rotatable bonds is 3. The van der Waals surface area contributed by atoms with Gasteiger partial charge in [-0.15, -0.1) is 0 Å². The van der Waals surface area contributed by atoms with Crippen LogP contribution in [0.1, 0.15) is 19.4 Å². The van der Waals surface area contributed by atoms with Crippen molar-refractivity contribution in [2.45, 2.75) is 33.0 Å². The number of nitrogens with one attached hydrogen (secondary N) is 1. The van der Waals surface area contributed by atoms with Gasteiger partial charge in [0, 0.05) is 22.3 Å². The minimum Gasteiger partial charge on any atom is -0.373 e. The molecule has 20 heavy (non-hydrogen) atoms. The number of ether oxygens (including phenoxy) is 1. The molecular formula is C15H21IN2O2. The molecule has 5 heteroatoms. The van der Waals surface area contributed by atoms with Crippen LogP contribution in [0.25, 0.3) is 0 Å². The standard InChI is InChI=1S/C15H21IN2O2/c1-10-6-13(16)4-5-14(10)17-15(19)9-18-7-11(2)20-12(3)8-18/h4-6,11-12H,7-9H2,1-3H3,(H,17,19)/t11-,12-/m1/s1. The third-order valence-corrected chi connectivity index (χ3v) is 4.00. The van der Waals surface area contributed by atoms with Gasteiger partial charge in [-0.2, -0.15) is 0 Å². The van der Waals surface area contributed by atoms with Gasteiger partial charge in [0.05, 0.1) is 18.8 Å². The summed E-state index contributed by atoms with van der Waals surface area (Å²) < 4.78 is 6.85. The molecule has 1 aliphatic rings. The zero-order valence-corrected chi connectivity index (χ0v) is 14.3. The van der Waals surface area contributed by atoms with E-state index in [2.05, 4.69) is 38.9 Å². The third kappa shape index (κ3) is 4.43. The van der Waals surface area contributed by atoms with Crippen molar-refractivity contribution >= 4 is 34.2 Å². The van der Waals surface area contributed by atoms with Gasteiger partial charge in [0.15, 0.2) is 0 Å². The van der Waals surface area contributed by atoms with E-state index < -0.39 is 0 Å². The Bertz CT molecular complexity index is 483. The maximum atomic E-state index is 12.1. The van der Waals surface area contributed by atoms with Crippen LogP contribution in [0, 0.1) is 10.5 Å². The zero-order chi connectivity index (χ0) is 14.7. The summed E-state index contributed by atoms with van der Waals surface area (Å²) in [7, 11) is 0. The number of hydrogen-bond donors (Lipinski definition) is 1. The van der Waals surface area contributed by atoms with Crippen LogP contribution in [0.15, 0.2) is 18.2 Å². The van der Waals surface area contributed by atoms with Crippen molar-refractivity contribution in [1.29, 1.82) is 0 Å². The van der Waals surface area contributed by atoms with E-state index in [1.807, 2.05) is 32.9 Å². The molecule has 2 rings (SSSR count). The number of nitrogens with zero attached hydrogens (tertiary/aromatic N) is 1. The molecule has 0 aromatic heterocycles. The average molecular weight is 388 g/mol. The zero-order valence-electron chi connectivity index (χ0n) is 12.1. The average Bonchev–Trinajstić information content (AvgIpc) is 2.31. The Balaban J connectivity index is 1.92. The molecule has 1 heterocycles.